The fourth-order valence-corrected chi connectivity index (χ4v) is 3.83. The van der Waals surface area contributed by atoms with Crippen molar-refractivity contribution in [3.8, 4) is 0 Å². The summed E-state index contributed by atoms with van der Waals surface area (Å²) in [5, 5.41) is 4.98. The Bertz CT molecular complexity index is 1280. The molecule has 5 nitrogen and oxygen atoms in total. The summed E-state index contributed by atoms with van der Waals surface area (Å²) in [5.41, 5.74) is 6.23. The number of fused-ring (bicyclic) bond motifs is 7. The molecule has 3 aromatic heterocycles. The number of nitrogens with one attached hydrogen (secondary N) is 1. The van der Waals surface area contributed by atoms with Gasteiger partial charge in [-0.2, -0.15) is 0 Å². The molecule has 0 aliphatic rings. The number of aromatic nitrogens is 3. The van der Waals surface area contributed by atoms with Gasteiger partial charge in [-0.15, -0.1) is 0 Å². The van der Waals surface area contributed by atoms with Gasteiger partial charge in [-0.05, 0) is 49.4 Å². The van der Waals surface area contributed by atoms with E-state index in [-0.39, 0.29) is 0 Å². The van der Waals surface area contributed by atoms with Crippen LogP contribution in [0.4, 0.5) is 5.69 Å². The van der Waals surface area contributed by atoms with E-state index in [1.807, 2.05) is 24.4 Å². The summed E-state index contributed by atoms with van der Waals surface area (Å²) >= 11 is 0. The van der Waals surface area contributed by atoms with Crippen LogP contribution in [-0.4, -0.2) is 20.4 Å². The summed E-state index contributed by atoms with van der Waals surface area (Å²) in [4.78, 5) is 15.6. The molecule has 0 aliphatic carbocycles. The minimum absolute atomic E-state index is 0.708. The van der Waals surface area contributed by atoms with Gasteiger partial charge >= 0.3 is 0 Å². The number of aryl methyl sites for hydroxylation is 1. The Labute approximate surface area is 143 Å². The Kier molecular flexibility index (Phi) is 2.85. The van der Waals surface area contributed by atoms with Crippen LogP contribution in [-0.2, 0) is 11.3 Å². The van der Waals surface area contributed by atoms with Crippen molar-refractivity contribution in [3.05, 3.63) is 54.9 Å². The first-order valence-corrected chi connectivity index (χ1v) is 8.32. The lowest BCUT2D eigenvalue weighted by molar-refractivity contribution is -0.105. The van der Waals surface area contributed by atoms with Crippen LogP contribution in [0, 0.1) is 0 Å². The van der Waals surface area contributed by atoms with E-state index >= 15 is 0 Å². The highest BCUT2D eigenvalue weighted by molar-refractivity contribution is 6.19. The number of hydrogen-bond donors (Lipinski definition) is 1. The van der Waals surface area contributed by atoms with Gasteiger partial charge in [0.15, 0.2) is 0 Å². The molecule has 5 heteroatoms. The van der Waals surface area contributed by atoms with Gasteiger partial charge in [-0.3, -0.25) is 9.78 Å². The zero-order chi connectivity index (χ0) is 17.0. The lowest BCUT2D eigenvalue weighted by Crippen LogP contribution is -1.95. The number of carbonyl (C=O) groups excluding carboxylic acids is 1. The first-order chi connectivity index (χ1) is 12.3. The summed E-state index contributed by atoms with van der Waals surface area (Å²) in [6.07, 6.45) is 4.67. The van der Waals surface area contributed by atoms with Crippen LogP contribution >= 0.6 is 0 Å². The molecule has 1 amide bonds. The zero-order valence-corrected chi connectivity index (χ0v) is 13.7. The maximum absolute atomic E-state index is 10.8. The number of benzene rings is 2. The van der Waals surface area contributed by atoms with Gasteiger partial charge in [-0.25, -0.2) is 0 Å². The molecule has 0 unspecified atom stereocenters. The number of nitrogens with zero attached hydrogens (tertiary/aromatic N) is 3. The smallest absolute Gasteiger partial charge is 0.211 e. The zero-order valence-electron chi connectivity index (χ0n) is 13.7. The second kappa shape index (κ2) is 5.08. The first-order valence-electron chi connectivity index (χ1n) is 8.32. The molecule has 25 heavy (non-hydrogen) atoms. The number of hydrogen-bond acceptors (Lipinski definition) is 2. The molecular formula is C20H16N4O. The van der Waals surface area contributed by atoms with E-state index in [1.54, 1.807) is 0 Å². The average molecular weight is 328 g/mol. The summed E-state index contributed by atoms with van der Waals surface area (Å²) < 4.78 is 4.45. The molecule has 0 saturated heterocycles. The minimum atomic E-state index is 0.708. The van der Waals surface area contributed by atoms with Crippen molar-refractivity contribution in [2.75, 3.05) is 5.32 Å². The highest BCUT2D eigenvalue weighted by Gasteiger charge is 2.15. The van der Waals surface area contributed by atoms with E-state index in [4.69, 9.17) is 4.98 Å². The Morgan fingerprint density at radius 2 is 1.96 bits per heavy atom. The molecule has 0 fully saturated rings. The van der Waals surface area contributed by atoms with Gasteiger partial charge < -0.3 is 14.3 Å². The monoisotopic (exact) mass is 328 g/mol. The summed E-state index contributed by atoms with van der Waals surface area (Å²) in [6.45, 7) is 3.01. The molecular weight excluding hydrogens is 312 g/mol. The van der Waals surface area contributed by atoms with Crippen LogP contribution in [0.2, 0.25) is 0 Å². The Morgan fingerprint density at radius 3 is 2.80 bits per heavy atom. The maximum Gasteiger partial charge on any atom is 0.211 e. The van der Waals surface area contributed by atoms with Crippen LogP contribution in [0.3, 0.4) is 0 Å². The lowest BCUT2D eigenvalue weighted by Gasteiger charge is -2.05. The summed E-state index contributed by atoms with van der Waals surface area (Å²) in [6, 6.07) is 14.4. The highest BCUT2D eigenvalue weighted by atomic mass is 16.1. The van der Waals surface area contributed by atoms with Crippen LogP contribution < -0.4 is 5.32 Å². The van der Waals surface area contributed by atoms with Crippen molar-refractivity contribution in [3.63, 3.8) is 0 Å². The molecule has 0 spiro atoms. The predicted octanol–water partition coefficient (Wildman–Crippen LogP) is 4.18. The van der Waals surface area contributed by atoms with Crippen LogP contribution in [0.15, 0.2) is 54.9 Å². The van der Waals surface area contributed by atoms with Crippen molar-refractivity contribution in [2.24, 2.45) is 0 Å². The van der Waals surface area contributed by atoms with Crippen molar-refractivity contribution in [1.29, 1.82) is 0 Å². The molecule has 2 aromatic carbocycles. The topological polar surface area (TPSA) is 51.3 Å². The number of amides is 1. The molecule has 122 valence electrons. The molecule has 0 aliphatic heterocycles. The van der Waals surface area contributed by atoms with Crippen molar-refractivity contribution >= 4 is 50.5 Å². The van der Waals surface area contributed by atoms with Crippen molar-refractivity contribution < 1.29 is 4.79 Å². The highest BCUT2D eigenvalue weighted by Crippen LogP contribution is 2.35. The number of anilines is 1. The fourth-order valence-electron chi connectivity index (χ4n) is 3.83. The molecule has 0 radical (unpaired) electrons. The number of carbonyl (C=O) groups is 1. The van der Waals surface area contributed by atoms with E-state index in [1.165, 1.54) is 0 Å². The van der Waals surface area contributed by atoms with Gasteiger partial charge in [0.1, 0.15) is 0 Å². The van der Waals surface area contributed by atoms with E-state index in [0.717, 1.165) is 50.6 Å². The second-order valence-corrected chi connectivity index (χ2v) is 6.13. The largest absolute Gasteiger partial charge is 0.341 e. The van der Waals surface area contributed by atoms with E-state index in [2.05, 4.69) is 51.7 Å². The van der Waals surface area contributed by atoms with Crippen LogP contribution in [0.25, 0.3) is 38.4 Å². The third kappa shape index (κ3) is 1.83. The summed E-state index contributed by atoms with van der Waals surface area (Å²) in [7, 11) is 0. The molecule has 5 rings (SSSR count). The minimum Gasteiger partial charge on any atom is -0.341 e. The standard InChI is InChI=1S/C20H16N4O/c1-2-23-16-6-5-13(22-12-25)10-15(16)19-17(23)7-8-18-20(19)21-11-14-4-3-9-24(14)18/h3-12H,2H2,1H3,(H,22,25). The molecule has 1 N–H and O–H groups in total. The van der Waals surface area contributed by atoms with Gasteiger partial charge in [-0.1, -0.05) is 0 Å². The van der Waals surface area contributed by atoms with Crippen molar-refractivity contribution in [1.82, 2.24) is 14.0 Å². The first kappa shape index (κ1) is 14.0. The number of rotatable bonds is 3. The molecule has 0 atom stereocenters. The van der Waals surface area contributed by atoms with E-state index < -0.39 is 0 Å². The second-order valence-electron chi connectivity index (χ2n) is 6.13. The molecule has 5 aromatic rings. The van der Waals surface area contributed by atoms with Crippen LogP contribution in [0.1, 0.15) is 6.92 Å². The average Bonchev–Trinajstić information content (AvgIpc) is 3.23. The van der Waals surface area contributed by atoms with Gasteiger partial charge in [0.2, 0.25) is 6.41 Å². The van der Waals surface area contributed by atoms with E-state index in [0.29, 0.717) is 6.41 Å². The predicted molar refractivity (Wildman–Crippen MR) is 101 cm³/mol. The third-order valence-corrected chi connectivity index (χ3v) is 4.89. The Morgan fingerprint density at radius 1 is 1.12 bits per heavy atom. The van der Waals surface area contributed by atoms with Gasteiger partial charge in [0.25, 0.3) is 0 Å². The van der Waals surface area contributed by atoms with Gasteiger partial charge in [0.05, 0.1) is 28.3 Å². The summed E-state index contributed by atoms with van der Waals surface area (Å²) in [5.74, 6) is 0. The molecule has 0 saturated carbocycles. The molecule has 0 bridgehead atoms. The molecule has 3 heterocycles. The normalized spacial score (nSPS) is 11.7. The van der Waals surface area contributed by atoms with Crippen molar-refractivity contribution in [2.45, 2.75) is 13.5 Å². The van der Waals surface area contributed by atoms with Crippen LogP contribution in [0.5, 0.6) is 0 Å². The lowest BCUT2D eigenvalue weighted by atomic mass is 10.1. The SMILES string of the molecule is CCn1c2ccc(NC=O)cc2c2c3ncc4cccn4c3ccc21. The Balaban J connectivity index is 2.02. The fraction of sp³-hybridized carbons (Fsp3) is 0.100. The van der Waals surface area contributed by atoms with E-state index in [9.17, 15) is 4.79 Å². The quantitative estimate of drug-likeness (QED) is 0.505. The Hall–Kier alpha value is -3.34. The third-order valence-electron chi connectivity index (χ3n) is 4.89. The van der Waals surface area contributed by atoms with Gasteiger partial charge in [0, 0.05) is 34.7 Å². The maximum atomic E-state index is 10.8.